The van der Waals surface area contributed by atoms with Crippen LogP contribution in [0.3, 0.4) is 0 Å². The number of hydrogen-bond donors (Lipinski definition) is 0. The van der Waals surface area contributed by atoms with Gasteiger partial charge in [0.15, 0.2) is 23.0 Å². The zero-order valence-electron chi connectivity index (χ0n) is 11.6. The molecule has 0 heterocycles. The highest BCUT2D eigenvalue weighted by Crippen LogP contribution is 2.32. The van der Waals surface area contributed by atoms with Crippen LogP contribution < -0.4 is 18.9 Å². The van der Waals surface area contributed by atoms with E-state index in [1.807, 2.05) is 36.4 Å². The second-order valence-corrected chi connectivity index (χ2v) is 5.83. The molecule has 4 nitrogen and oxygen atoms in total. The molecule has 0 atom stereocenters. The molecule has 0 spiro atoms. The lowest BCUT2D eigenvalue weighted by Gasteiger charge is -2.13. The van der Waals surface area contributed by atoms with Gasteiger partial charge < -0.3 is 18.9 Å². The summed E-state index contributed by atoms with van der Waals surface area (Å²) in [5, 5.41) is 0. The molecule has 2 aromatic carbocycles. The molecule has 0 unspecified atom stereocenters. The molecule has 0 aromatic heterocycles. The molecule has 0 N–H and O–H groups in total. The quantitative estimate of drug-likeness (QED) is 0.641. The van der Waals surface area contributed by atoms with Crippen LogP contribution >= 0.6 is 31.9 Å². The minimum Gasteiger partial charge on any atom is -0.493 e. The highest BCUT2D eigenvalue weighted by atomic mass is 79.9. The van der Waals surface area contributed by atoms with Gasteiger partial charge in [0.25, 0.3) is 0 Å². The average molecular weight is 418 g/mol. The highest BCUT2D eigenvalue weighted by Gasteiger charge is 2.07. The average Bonchev–Trinajstić information content (AvgIpc) is 2.49. The summed E-state index contributed by atoms with van der Waals surface area (Å²) in [7, 11) is 3.18. The number of halogens is 2. The standard InChI is InChI=1S/C15H14Br2O4/c1-18-14-7-10(16)3-5-12(14)20-9-21-13-6-4-11(17)8-15(13)19-2/h3-8H,9H2,1-2H3. The third-order valence-electron chi connectivity index (χ3n) is 2.68. The Bertz CT molecular complexity index is 563. The lowest BCUT2D eigenvalue weighted by atomic mass is 10.3. The Morgan fingerprint density at radius 3 is 1.52 bits per heavy atom. The van der Waals surface area contributed by atoms with Crippen molar-refractivity contribution < 1.29 is 18.9 Å². The maximum Gasteiger partial charge on any atom is 0.231 e. The molecule has 0 bridgehead atoms. The second-order valence-electron chi connectivity index (χ2n) is 4.00. The first kappa shape index (κ1) is 16.0. The van der Waals surface area contributed by atoms with Gasteiger partial charge >= 0.3 is 0 Å². The maximum atomic E-state index is 5.58. The Morgan fingerprint density at radius 2 is 1.14 bits per heavy atom. The van der Waals surface area contributed by atoms with E-state index in [2.05, 4.69) is 31.9 Å². The predicted octanol–water partition coefficient (Wildman–Crippen LogP) is 4.64. The van der Waals surface area contributed by atoms with Crippen molar-refractivity contribution in [3.8, 4) is 23.0 Å². The van der Waals surface area contributed by atoms with Gasteiger partial charge in [-0.3, -0.25) is 0 Å². The molecule has 112 valence electrons. The SMILES string of the molecule is COc1cc(Br)ccc1OCOc1ccc(Br)cc1OC. The summed E-state index contributed by atoms with van der Waals surface area (Å²) in [6.07, 6.45) is 0. The fourth-order valence-corrected chi connectivity index (χ4v) is 2.36. The van der Waals surface area contributed by atoms with Crippen LogP contribution in [0.4, 0.5) is 0 Å². The number of rotatable bonds is 6. The molecule has 2 rings (SSSR count). The minimum atomic E-state index is 0.0516. The van der Waals surface area contributed by atoms with Gasteiger partial charge in [-0.05, 0) is 36.4 Å². The third kappa shape index (κ3) is 4.28. The molecule has 6 heteroatoms. The molecule has 0 fully saturated rings. The molecular formula is C15H14Br2O4. The Hall–Kier alpha value is -1.40. The van der Waals surface area contributed by atoms with Crippen molar-refractivity contribution in [3.63, 3.8) is 0 Å². The van der Waals surface area contributed by atoms with Crippen LogP contribution in [0.1, 0.15) is 0 Å². The van der Waals surface area contributed by atoms with Gasteiger partial charge in [0.2, 0.25) is 6.79 Å². The van der Waals surface area contributed by atoms with Crippen molar-refractivity contribution in [3.05, 3.63) is 45.3 Å². The van der Waals surface area contributed by atoms with Crippen LogP contribution in [0, 0.1) is 0 Å². The topological polar surface area (TPSA) is 36.9 Å². The lowest BCUT2D eigenvalue weighted by molar-refractivity contribution is 0.113. The summed E-state index contributed by atoms with van der Waals surface area (Å²) in [5.74, 6) is 2.49. The van der Waals surface area contributed by atoms with Crippen LogP contribution in [0.2, 0.25) is 0 Å². The van der Waals surface area contributed by atoms with Crippen molar-refractivity contribution >= 4 is 31.9 Å². The van der Waals surface area contributed by atoms with E-state index in [1.54, 1.807) is 14.2 Å². The molecule has 0 saturated carbocycles. The third-order valence-corrected chi connectivity index (χ3v) is 3.67. The summed E-state index contributed by atoms with van der Waals surface area (Å²) in [4.78, 5) is 0. The van der Waals surface area contributed by atoms with Crippen molar-refractivity contribution in [2.45, 2.75) is 0 Å². The summed E-state index contributed by atoms with van der Waals surface area (Å²) >= 11 is 6.76. The van der Waals surface area contributed by atoms with Gasteiger partial charge in [0.1, 0.15) is 0 Å². The smallest absolute Gasteiger partial charge is 0.231 e. The predicted molar refractivity (Wildman–Crippen MR) is 87.5 cm³/mol. The number of ether oxygens (including phenoxy) is 4. The molecule has 0 saturated heterocycles. The van der Waals surface area contributed by atoms with Gasteiger partial charge in [0, 0.05) is 8.95 Å². The van der Waals surface area contributed by atoms with Crippen LogP contribution in [0.5, 0.6) is 23.0 Å². The molecule has 21 heavy (non-hydrogen) atoms. The Kier molecular flexibility index (Phi) is 5.76. The number of benzene rings is 2. The molecule has 0 aliphatic heterocycles. The van der Waals surface area contributed by atoms with Crippen LogP contribution in [-0.2, 0) is 0 Å². The van der Waals surface area contributed by atoms with E-state index in [9.17, 15) is 0 Å². The zero-order chi connectivity index (χ0) is 15.2. The van der Waals surface area contributed by atoms with E-state index in [1.165, 1.54) is 0 Å². The molecule has 2 aromatic rings. The fourth-order valence-electron chi connectivity index (χ4n) is 1.68. The van der Waals surface area contributed by atoms with Crippen LogP contribution in [0.25, 0.3) is 0 Å². The molecule has 0 radical (unpaired) electrons. The first-order valence-corrected chi connectivity index (χ1v) is 7.65. The first-order valence-electron chi connectivity index (χ1n) is 6.06. The fraction of sp³-hybridized carbons (Fsp3) is 0.200. The Morgan fingerprint density at radius 1 is 0.714 bits per heavy atom. The minimum absolute atomic E-state index is 0.0516. The summed E-state index contributed by atoms with van der Waals surface area (Å²) in [5.41, 5.74) is 0. The largest absolute Gasteiger partial charge is 0.493 e. The summed E-state index contributed by atoms with van der Waals surface area (Å²) in [6.45, 7) is 0.0516. The van der Waals surface area contributed by atoms with Crippen molar-refractivity contribution in [2.24, 2.45) is 0 Å². The summed E-state index contributed by atoms with van der Waals surface area (Å²) < 4.78 is 23.5. The van der Waals surface area contributed by atoms with Gasteiger partial charge in [-0.25, -0.2) is 0 Å². The maximum absolute atomic E-state index is 5.58. The van der Waals surface area contributed by atoms with Gasteiger partial charge in [-0.1, -0.05) is 31.9 Å². The van der Waals surface area contributed by atoms with Gasteiger partial charge in [0.05, 0.1) is 14.2 Å². The van der Waals surface area contributed by atoms with E-state index >= 15 is 0 Å². The second kappa shape index (κ2) is 7.56. The lowest BCUT2D eigenvalue weighted by Crippen LogP contribution is -2.07. The van der Waals surface area contributed by atoms with Crippen molar-refractivity contribution in [1.82, 2.24) is 0 Å². The van der Waals surface area contributed by atoms with Crippen LogP contribution in [-0.4, -0.2) is 21.0 Å². The van der Waals surface area contributed by atoms with Gasteiger partial charge in [-0.2, -0.15) is 0 Å². The summed E-state index contributed by atoms with van der Waals surface area (Å²) in [6, 6.07) is 11.0. The first-order chi connectivity index (χ1) is 10.1. The normalized spacial score (nSPS) is 10.1. The molecule has 0 amide bonds. The zero-order valence-corrected chi connectivity index (χ0v) is 14.7. The number of methoxy groups -OCH3 is 2. The Balaban J connectivity index is 2.02. The van der Waals surface area contributed by atoms with E-state index in [4.69, 9.17) is 18.9 Å². The van der Waals surface area contributed by atoms with Crippen LogP contribution in [0.15, 0.2) is 45.3 Å². The molecular weight excluding hydrogens is 404 g/mol. The van der Waals surface area contributed by atoms with Gasteiger partial charge in [-0.15, -0.1) is 0 Å². The van der Waals surface area contributed by atoms with E-state index in [-0.39, 0.29) is 6.79 Å². The Labute approximate surface area is 140 Å². The number of hydrogen-bond acceptors (Lipinski definition) is 4. The van der Waals surface area contributed by atoms with E-state index in [0.29, 0.717) is 23.0 Å². The van der Waals surface area contributed by atoms with E-state index in [0.717, 1.165) is 8.95 Å². The highest BCUT2D eigenvalue weighted by molar-refractivity contribution is 9.10. The van der Waals surface area contributed by atoms with Crippen molar-refractivity contribution in [2.75, 3.05) is 21.0 Å². The monoisotopic (exact) mass is 416 g/mol. The van der Waals surface area contributed by atoms with Crippen molar-refractivity contribution in [1.29, 1.82) is 0 Å². The molecule has 0 aliphatic carbocycles. The molecule has 0 aliphatic rings. The van der Waals surface area contributed by atoms with E-state index < -0.39 is 0 Å².